The molecular formula is C26H24N2O2S. The van der Waals surface area contributed by atoms with Crippen molar-refractivity contribution < 1.29 is 9.47 Å². The number of nitrogens with two attached hydrogens (primary N) is 2. The van der Waals surface area contributed by atoms with Gasteiger partial charge in [0.15, 0.2) is 0 Å². The van der Waals surface area contributed by atoms with Crippen molar-refractivity contribution >= 4 is 23.1 Å². The van der Waals surface area contributed by atoms with E-state index in [0.29, 0.717) is 22.9 Å². The van der Waals surface area contributed by atoms with E-state index in [1.165, 1.54) is 0 Å². The number of para-hydroxylation sites is 2. The number of nitrogen functional groups attached to an aromatic ring is 2. The first-order chi connectivity index (χ1) is 15.2. The predicted octanol–water partition coefficient (Wildman–Crippen LogP) is 6.87. The third-order valence-electron chi connectivity index (χ3n) is 4.63. The van der Waals surface area contributed by atoms with Crippen LogP contribution in [0.15, 0.2) is 97.1 Å². The molecular weight excluding hydrogens is 404 g/mol. The lowest BCUT2D eigenvalue weighted by Gasteiger charge is -2.11. The average Bonchev–Trinajstić information content (AvgIpc) is 2.79. The summed E-state index contributed by atoms with van der Waals surface area (Å²) in [6.45, 7) is 0. The lowest BCUT2D eigenvalue weighted by molar-refractivity contribution is 0.484. The van der Waals surface area contributed by atoms with Gasteiger partial charge in [-0.1, -0.05) is 48.5 Å². The number of anilines is 2. The molecule has 4 aromatic rings. The first kappa shape index (κ1) is 20.7. The molecule has 0 heterocycles. The van der Waals surface area contributed by atoms with Gasteiger partial charge in [0.25, 0.3) is 0 Å². The molecule has 4 N–H and O–H groups in total. The van der Waals surface area contributed by atoms with Crippen LogP contribution in [0, 0.1) is 0 Å². The molecule has 4 nitrogen and oxygen atoms in total. The monoisotopic (exact) mass is 428 g/mol. The van der Waals surface area contributed by atoms with Crippen LogP contribution in [0.3, 0.4) is 0 Å². The second-order valence-corrected chi connectivity index (χ2v) is 8.05. The van der Waals surface area contributed by atoms with Crippen LogP contribution < -0.4 is 20.9 Å². The van der Waals surface area contributed by atoms with Gasteiger partial charge in [-0.25, -0.2) is 0 Å². The molecule has 0 spiro atoms. The first-order valence-electron chi connectivity index (χ1n) is 9.98. The van der Waals surface area contributed by atoms with E-state index in [1.807, 2.05) is 97.1 Å². The van der Waals surface area contributed by atoms with Gasteiger partial charge in [-0.3, -0.25) is 0 Å². The number of hydrogen-bond donors (Lipinski definition) is 2. The van der Waals surface area contributed by atoms with Crippen LogP contribution in [-0.4, -0.2) is 0 Å². The number of hydrogen-bond acceptors (Lipinski definition) is 5. The molecule has 5 heteroatoms. The van der Waals surface area contributed by atoms with E-state index in [2.05, 4.69) is 0 Å². The summed E-state index contributed by atoms with van der Waals surface area (Å²) >= 11 is 1.80. The summed E-state index contributed by atoms with van der Waals surface area (Å²) in [7, 11) is 0. The number of rotatable bonds is 8. The molecule has 0 atom stereocenters. The molecule has 0 radical (unpaired) electrons. The molecule has 0 saturated carbocycles. The highest BCUT2D eigenvalue weighted by Gasteiger charge is 2.06. The van der Waals surface area contributed by atoms with Crippen LogP contribution in [0.2, 0.25) is 0 Å². The van der Waals surface area contributed by atoms with Gasteiger partial charge in [0.2, 0.25) is 0 Å². The van der Waals surface area contributed by atoms with Crippen LogP contribution in [0.25, 0.3) is 0 Å². The Kier molecular flexibility index (Phi) is 6.65. The molecule has 0 amide bonds. The quantitative estimate of drug-likeness (QED) is 0.300. The minimum atomic E-state index is 0.633. The van der Waals surface area contributed by atoms with E-state index in [9.17, 15) is 0 Å². The molecule has 0 aliphatic rings. The maximum absolute atomic E-state index is 6.19. The van der Waals surface area contributed by atoms with Gasteiger partial charge in [0.1, 0.15) is 23.0 Å². The Morgan fingerprint density at radius 3 is 1.35 bits per heavy atom. The van der Waals surface area contributed by atoms with E-state index in [-0.39, 0.29) is 0 Å². The Labute approximate surface area is 186 Å². The molecule has 31 heavy (non-hydrogen) atoms. The Bertz CT molecular complexity index is 1040. The Hall–Kier alpha value is -3.57. The van der Waals surface area contributed by atoms with Gasteiger partial charge >= 0.3 is 0 Å². The van der Waals surface area contributed by atoms with Gasteiger partial charge in [-0.15, -0.1) is 0 Å². The van der Waals surface area contributed by atoms with Crippen LogP contribution in [0.5, 0.6) is 23.0 Å². The van der Waals surface area contributed by atoms with Crippen LogP contribution >= 0.6 is 11.8 Å². The largest absolute Gasteiger partial charge is 0.455 e. The smallest absolute Gasteiger partial charge is 0.150 e. The van der Waals surface area contributed by atoms with Gasteiger partial charge < -0.3 is 20.9 Å². The Morgan fingerprint density at radius 2 is 0.968 bits per heavy atom. The van der Waals surface area contributed by atoms with E-state index in [4.69, 9.17) is 20.9 Å². The first-order valence-corrected chi connectivity index (χ1v) is 11.1. The van der Waals surface area contributed by atoms with Crippen LogP contribution in [-0.2, 0) is 11.5 Å². The summed E-state index contributed by atoms with van der Waals surface area (Å²) in [6.07, 6.45) is 0. The standard InChI is InChI=1S/C26H24N2O2S/c27-23-15-19(11-13-25(23)29-21-7-3-1-4-8-21)17-31-18-20-12-14-26(24(28)16-20)30-22-9-5-2-6-10-22/h1-16H,17-18,27-28H2. The number of ether oxygens (including phenoxy) is 2. The van der Waals surface area contributed by atoms with Crippen LogP contribution in [0.1, 0.15) is 11.1 Å². The minimum Gasteiger partial charge on any atom is -0.455 e. The fourth-order valence-corrected chi connectivity index (χ4v) is 4.01. The van der Waals surface area contributed by atoms with Crippen molar-refractivity contribution in [2.45, 2.75) is 11.5 Å². The molecule has 4 aromatic carbocycles. The van der Waals surface area contributed by atoms with Gasteiger partial charge in [0, 0.05) is 11.5 Å². The molecule has 0 unspecified atom stereocenters. The van der Waals surface area contributed by atoms with E-state index < -0.39 is 0 Å². The molecule has 0 aliphatic carbocycles. The summed E-state index contributed by atoms with van der Waals surface area (Å²) in [5.74, 6) is 4.57. The predicted molar refractivity (Wildman–Crippen MR) is 130 cm³/mol. The number of thioether (sulfide) groups is 1. The Balaban J connectivity index is 1.32. The minimum absolute atomic E-state index is 0.633. The normalized spacial score (nSPS) is 10.6. The van der Waals surface area contributed by atoms with E-state index >= 15 is 0 Å². The average molecular weight is 429 g/mol. The second-order valence-electron chi connectivity index (χ2n) is 7.07. The van der Waals surface area contributed by atoms with Crippen molar-refractivity contribution in [3.63, 3.8) is 0 Å². The maximum Gasteiger partial charge on any atom is 0.150 e. The van der Waals surface area contributed by atoms with Gasteiger partial charge in [-0.05, 0) is 59.7 Å². The third kappa shape index (κ3) is 5.74. The van der Waals surface area contributed by atoms with Crippen LogP contribution in [0.4, 0.5) is 11.4 Å². The summed E-state index contributed by atoms with van der Waals surface area (Å²) in [5.41, 5.74) is 15.9. The maximum atomic E-state index is 6.19. The van der Waals surface area contributed by atoms with Crippen molar-refractivity contribution in [2.75, 3.05) is 11.5 Å². The zero-order valence-electron chi connectivity index (χ0n) is 17.0. The summed E-state index contributed by atoms with van der Waals surface area (Å²) in [6, 6.07) is 31.2. The topological polar surface area (TPSA) is 70.5 Å². The van der Waals surface area contributed by atoms with Crippen molar-refractivity contribution in [2.24, 2.45) is 0 Å². The molecule has 0 saturated heterocycles. The molecule has 0 aliphatic heterocycles. The number of benzene rings is 4. The van der Waals surface area contributed by atoms with Gasteiger partial charge in [-0.2, -0.15) is 11.8 Å². The molecule has 4 rings (SSSR count). The fourth-order valence-electron chi connectivity index (χ4n) is 3.08. The lowest BCUT2D eigenvalue weighted by Crippen LogP contribution is -1.95. The SMILES string of the molecule is Nc1cc(CSCc2ccc(Oc3ccccc3)c(N)c2)ccc1Oc1ccccc1. The third-order valence-corrected chi connectivity index (χ3v) is 5.70. The highest BCUT2D eigenvalue weighted by atomic mass is 32.2. The van der Waals surface area contributed by atoms with Gasteiger partial charge in [0.05, 0.1) is 11.4 Å². The van der Waals surface area contributed by atoms with Crippen molar-refractivity contribution in [1.29, 1.82) is 0 Å². The zero-order valence-corrected chi connectivity index (χ0v) is 17.8. The highest BCUT2D eigenvalue weighted by molar-refractivity contribution is 7.97. The molecule has 0 aromatic heterocycles. The summed E-state index contributed by atoms with van der Waals surface area (Å²) in [4.78, 5) is 0. The van der Waals surface area contributed by atoms with E-state index in [1.54, 1.807) is 11.8 Å². The fraction of sp³-hybridized carbons (Fsp3) is 0.0769. The molecule has 0 fully saturated rings. The highest BCUT2D eigenvalue weighted by Crippen LogP contribution is 2.31. The Morgan fingerprint density at radius 1 is 0.548 bits per heavy atom. The van der Waals surface area contributed by atoms with E-state index in [0.717, 1.165) is 34.1 Å². The lowest BCUT2D eigenvalue weighted by atomic mass is 10.2. The summed E-state index contributed by atoms with van der Waals surface area (Å²) < 4.78 is 11.7. The molecule has 0 bridgehead atoms. The summed E-state index contributed by atoms with van der Waals surface area (Å²) in [5, 5.41) is 0. The van der Waals surface area contributed by atoms with Crippen molar-refractivity contribution in [3.8, 4) is 23.0 Å². The second kappa shape index (κ2) is 9.96. The van der Waals surface area contributed by atoms with Crippen molar-refractivity contribution in [1.82, 2.24) is 0 Å². The zero-order chi connectivity index (χ0) is 21.5. The van der Waals surface area contributed by atoms with Crippen molar-refractivity contribution in [3.05, 3.63) is 108 Å². The molecule has 156 valence electrons.